The molecule has 2 aliphatic heterocycles. The largest absolute Gasteiger partial charge is 0.488 e. The van der Waals surface area contributed by atoms with Crippen LogP contribution < -0.4 is 4.74 Å². The van der Waals surface area contributed by atoms with Gasteiger partial charge < -0.3 is 19.7 Å². The summed E-state index contributed by atoms with van der Waals surface area (Å²) in [5.74, 6) is -0.543. The van der Waals surface area contributed by atoms with E-state index in [1.165, 1.54) is 5.56 Å². The molecule has 2 N–H and O–H groups in total. The van der Waals surface area contributed by atoms with E-state index in [2.05, 4.69) is 29.2 Å². The van der Waals surface area contributed by atoms with Gasteiger partial charge in [-0.1, -0.05) is 42.5 Å². The highest BCUT2D eigenvalue weighted by molar-refractivity contribution is 5.79. The minimum Gasteiger partial charge on any atom is -0.488 e. The van der Waals surface area contributed by atoms with Gasteiger partial charge in [-0.2, -0.15) is 0 Å². The Kier molecular flexibility index (Phi) is 6.16. The molecule has 1 saturated carbocycles. The van der Waals surface area contributed by atoms with Gasteiger partial charge in [-0.3, -0.25) is 9.69 Å². The Labute approximate surface area is 195 Å². The zero-order chi connectivity index (χ0) is 23.1. The third-order valence-electron chi connectivity index (χ3n) is 7.49. The topological polar surface area (TPSA) is 79.2 Å². The van der Waals surface area contributed by atoms with Crippen molar-refractivity contribution in [2.75, 3.05) is 19.7 Å². The van der Waals surface area contributed by atoms with Crippen LogP contribution in [0.2, 0.25) is 0 Å². The van der Waals surface area contributed by atoms with Crippen molar-refractivity contribution >= 4 is 5.97 Å². The van der Waals surface area contributed by atoms with Crippen LogP contribution >= 0.6 is 0 Å². The number of fused-ring (bicyclic) bond motifs is 3. The van der Waals surface area contributed by atoms with Crippen molar-refractivity contribution in [1.29, 1.82) is 0 Å². The van der Waals surface area contributed by atoms with E-state index in [1.807, 2.05) is 32.0 Å². The lowest BCUT2D eigenvalue weighted by atomic mass is 9.95. The Bertz CT molecular complexity index is 1010. The average molecular weight is 452 g/mol. The summed E-state index contributed by atoms with van der Waals surface area (Å²) >= 11 is 0. The summed E-state index contributed by atoms with van der Waals surface area (Å²) < 4.78 is 12.1. The summed E-state index contributed by atoms with van der Waals surface area (Å²) in [7, 11) is 0. The fraction of sp³-hybridized carbons (Fsp3) is 0.519. The third-order valence-corrected chi connectivity index (χ3v) is 7.49. The summed E-state index contributed by atoms with van der Waals surface area (Å²) in [6.45, 7) is 5.81. The number of aryl methyl sites for hydroxylation is 1. The number of benzene rings is 2. The van der Waals surface area contributed by atoms with Crippen molar-refractivity contribution in [3.63, 3.8) is 0 Å². The van der Waals surface area contributed by atoms with E-state index in [0.29, 0.717) is 12.6 Å². The second-order valence-electron chi connectivity index (χ2n) is 9.80. The van der Waals surface area contributed by atoms with E-state index >= 15 is 0 Å². The van der Waals surface area contributed by atoms with Crippen LogP contribution in [0.5, 0.6) is 5.75 Å². The van der Waals surface area contributed by atoms with Gasteiger partial charge in [0.25, 0.3) is 0 Å². The number of carbonyl (C=O) groups is 1. The molecule has 1 saturated heterocycles. The van der Waals surface area contributed by atoms with Gasteiger partial charge >= 0.3 is 5.97 Å². The fourth-order valence-corrected chi connectivity index (χ4v) is 5.70. The number of β-amino-alcohol motifs (C(OH)–C–C–N with tert-alkyl or cyclic N) is 1. The van der Waals surface area contributed by atoms with Crippen LogP contribution in [0.25, 0.3) is 0 Å². The molecule has 1 aliphatic carbocycles. The van der Waals surface area contributed by atoms with Crippen molar-refractivity contribution < 1.29 is 24.5 Å². The molecule has 6 atom stereocenters. The first-order valence-corrected chi connectivity index (χ1v) is 12.0. The lowest BCUT2D eigenvalue weighted by Crippen LogP contribution is -2.39. The third kappa shape index (κ3) is 4.39. The Morgan fingerprint density at radius 3 is 2.79 bits per heavy atom. The van der Waals surface area contributed by atoms with Crippen molar-refractivity contribution in [2.45, 2.75) is 63.4 Å². The molecule has 2 heterocycles. The van der Waals surface area contributed by atoms with Crippen LogP contribution in [0, 0.1) is 12.8 Å². The molecule has 0 radical (unpaired) electrons. The number of hydrogen-bond donors (Lipinski definition) is 2. The molecule has 3 aliphatic rings. The first-order valence-electron chi connectivity index (χ1n) is 12.0. The number of ether oxygens (including phenoxy) is 2. The summed E-state index contributed by atoms with van der Waals surface area (Å²) in [5.41, 5.74) is 4.32. The van der Waals surface area contributed by atoms with Crippen molar-refractivity contribution in [3.05, 3.63) is 64.7 Å². The quantitative estimate of drug-likeness (QED) is 0.605. The first kappa shape index (κ1) is 22.4. The molecule has 176 valence electrons. The highest BCUT2D eigenvalue weighted by atomic mass is 16.5. The van der Waals surface area contributed by atoms with E-state index in [1.54, 1.807) is 0 Å². The molecule has 6 heteroatoms. The number of aliphatic carboxylic acids is 1. The molecule has 2 fully saturated rings. The first-order chi connectivity index (χ1) is 15.9. The van der Waals surface area contributed by atoms with Gasteiger partial charge in [-0.05, 0) is 56.3 Å². The van der Waals surface area contributed by atoms with Crippen LogP contribution in [0.15, 0.2) is 42.5 Å². The molecule has 0 aromatic heterocycles. The number of hydrogen-bond acceptors (Lipinski definition) is 5. The minimum atomic E-state index is -0.803. The predicted octanol–water partition coefficient (Wildman–Crippen LogP) is 3.70. The molecular weight excluding hydrogens is 418 g/mol. The molecule has 0 amide bonds. The number of carboxylic acid groups (broad SMARTS) is 1. The molecule has 1 unspecified atom stereocenters. The maximum atomic E-state index is 11.5. The molecule has 5 rings (SSSR count). The zero-order valence-corrected chi connectivity index (χ0v) is 19.3. The highest BCUT2D eigenvalue weighted by Crippen LogP contribution is 2.61. The van der Waals surface area contributed by atoms with Gasteiger partial charge in [-0.25, -0.2) is 0 Å². The Morgan fingerprint density at radius 2 is 2.03 bits per heavy atom. The second-order valence-corrected chi connectivity index (χ2v) is 9.80. The number of carboxylic acids is 1. The number of likely N-dealkylation sites (tertiary alicyclic amines) is 1. The lowest BCUT2D eigenvalue weighted by Gasteiger charge is -2.28. The van der Waals surface area contributed by atoms with Crippen LogP contribution in [0.3, 0.4) is 0 Å². The van der Waals surface area contributed by atoms with Gasteiger partial charge in [-0.15, -0.1) is 0 Å². The van der Waals surface area contributed by atoms with E-state index in [0.717, 1.165) is 48.2 Å². The average Bonchev–Trinajstić information content (AvgIpc) is 3.12. The highest BCUT2D eigenvalue weighted by Gasteiger charge is 2.64. The van der Waals surface area contributed by atoms with Crippen LogP contribution in [-0.2, 0) is 16.0 Å². The van der Waals surface area contributed by atoms with Crippen LogP contribution in [0.1, 0.15) is 54.0 Å². The van der Waals surface area contributed by atoms with E-state index in [9.17, 15) is 15.0 Å². The van der Waals surface area contributed by atoms with Gasteiger partial charge in [0, 0.05) is 24.1 Å². The SMILES string of the molecule is Cc1ccc([C@@H](C)OC[C@H](O)CN2CCCC2Cc2ccccc2)c2c1O[C@@H]1[C@@H](C(=O)O)[C@H]21. The maximum Gasteiger partial charge on any atom is 0.311 e. The predicted molar refractivity (Wildman–Crippen MR) is 125 cm³/mol. The molecule has 0 spiro atoms. The molecular formula is C27H33NO5. The minimum absolute atomic E-state index is 0.0910. The zero-order valence-electron chi connectivity index (χ0n) is 19.3. The number of aliphatic hydroxyl groups excluding tert-OH is 1. The normalized spacial score (nSPS) is 27.5. The van der Waals surface area contributed by atoms with E-state index in [-0.39, 0.29) is 24.7 Å². The molecule has 2 aromatic carbocycles. The van der Waals surface area contributed by atoms with E-state index in [4.69, 9.17) is 9.47 Å². The second kappa shape index (κ2) is 9.09. The maximum absolute atomic E-state index is 11.5. The smallest absolute Gasteiger partial charge is 0.311 e. The van der Waals surface area contributed by atoms with Crippen molar-refractivity contribution in [3.8, 4) is 5.75 Å². The molecule has 6 nitrogen and oxygen atoms in total. The number of nitrogens with zero attached hydrogens (tertiary/aromatic N) is 1. The Balaban J connectivity index is 1.19. The molecule has 0 bridgehead atoms. The van der Waals surface area contributed by atoms with E-state index < -0.39 is 18.0 Å². The van der Waals surface area contributed by atoms with Crippen molar-refractivity contribution in [2.24, 2.45) is 5.92 Å². The Morgan fingerprint density at radius 1 is 1.24 bits per heavy atom. The lowest BCUT2D eigenvalue weighted by molar-refractivity contribution is -0.139. The fourth-order valence-electron chi connectivity index (χ4n) is 5.70. The van der Waals surface area contributed by atoms with Gasteiger partial charge in [0.2, 0.25) is 0 Å². The number of aliphatic hydroxyl groups is 1. The van der Waals surface area contributed by atoms with Gasteiger partial charge in [0.15, 0.2) is 0 Å². The monoisotopic (exact) mass is 451 g/mol. The number of rotatable bonds is 9. The summed E-state index contributed by atoms with van der Waals surface area (Å²) in [5, 5.41) is 20.2. The summed E-state index contributed by atoms with van der Waals surface area (Å²) in [6.07, 6.45) is 2.25. The van der Waals surface area contributed by atoms with Crippen LogP contribution in [0.4, 0.5) is 0 Å². The van der Waals surface area contributed by atoms with Gasteiger partial charge in [0.1, 0.15) is 17.8 Å². The van der Waals surface area contributed by atoms with Crippen molar-refractivity contribution in [1.82, 2.24) is 4.90 Å². The summed E-state index contributed by atoms with van der Waals surface area (Å²) in [6, 6.07) is 15.0. The molecule has 2 aromatic rings. The summed E-state index contributed by atoms with van der Waals surface area (Å²) in [4.78, 5) is 13.9. The van der Waals surface area contributed by atoms with Gasteiger partial charge in [0.05, 0.1) is 18.8 Å². The standard InChI is InChI=1S/C27H33NO5/c1-16-10-11-21(22-23-24(27(30)31)26(23)33-25(16)22)17(2)32-15-20(29)14-28-12-6-9-19(28)13-18-7-4-3-5-8-18/h3-5,7-8,10-11,17,19-20,23-24,26,29H,6,9,12-15H2,1-2H3,(H,30,31)/t17-,19?,20-,23+,24+,26+/m1/s1. The Hall–Kier alpha value is -2.41. The van der Waals surface area contributed by atoms with Crippen LogP contribution in [-0.4, -0.2) is 59.0 Å². The molecule has 33 heavy (non-hydrogen) atoms.